The second kappa shape index (κ2) is 18.4. The van der Waals surface area contributed by atoms with Crippen molar-refractivity contribution in [3.8, 4) is 0 Å². The molecule has 0 aliphatic rings. The quantitative estimate of drug-likeness (QED) is 0.209. The van der Waals surface area contributed by atoms with E-state index >= 15 is 0 Å². The number of anilines is 1. The fourth-order valence-electron chi connectivity index (χ4n) is 3.73. The van der Waals surface area contributed by atoms with Crippen molar-refractivity contribution < 1.29 is 14.3 Å². The number of esters is 1. The molecule has 0 saturated heterocycles. The van der Waals surface area contributed by atoms with E-state index in [1.54, 1.807) is 0 Å². The van der Waals surface area contributed by atoms with Crippen LogP contribution >= 0.6 is 0 Å². The normalized spacial score (nSPS) is 10.8. The number of hydrogen-bond donors (Lipinski definition) is 2. The van der Waals surface area contributed by atoms with Crippen LogP contribution in [0.3, 0.4) is 0 Å². The lowest BCUT2D eigenvalue weighted by Gasteiger charge is -2.06. The van der Waals surface area contributed by atoms with Crippen LogP contribution in [0.15, 0.2) is 10.9 Å². The van der Waals surface area contributed by atoms with Gasteiger partial charge in [-0.3, -0.25) is 24.7 Å². The monoisotopic (exact) mass is 449 g/mol. The molecule has 1 amide bonds. The van der Waals surface area contributed by atoms with Crippen molar-refractivity contribution in [2.75, 3.05) is 12.4 Å². The van der Waals surface area contributed by atoms with Crippen molar-refractivity contribution in [2.45, 2.75) is 116 Å². The van der Waals surface area contributed by atoms with Gasteiger partial charge in [-0.05, 0) is 6.42 Å². The fourth-order valence-corrected chi connectivity index (χ4v) is 3.73. The summed E-state index contributed by atoms with van der Waals surface area (Å²) in [6.45, 7) is 2.26. The SMILES string of the molecule is CCCCCCCCCCCCCCCCCC(=O)Nc1nc(CC(=O)OC)cc(=O)[nH]1. The van der Waals surface area contributed by atoms with Crippen LogP contribution in [0.1, 0.15) is 115 Å². The van der Waals surface area contributed by atoms with Gasteiger partial charge in [0.2, 0.25) is 11.9 Å². The number of aromatic nitrogens is 2. The van der Waals surface area contributed by atoms with Crippen molar-refractivity contribution in [2.24, 2.45) is 0 Å². The Balaban J connectivity index is 2.02. The third kappa shape index (κ3) is 14.8. The summed E-state index contributed by atoms with van der Waals surface area (Å²) in [7, 11) is 1.27. The summed E-state index contributed by atoms with van der Waals surface area (Å²) >= 11 is 0. The van der Waals surface area contributed by atoms with Gasteiger partial charge in [0.25, 0.3) is 5.56 Å². The summed E-state index contributed by atoms with van der Waals surface area (Å²) in [5.74, 6) is -0.599. The van der Waals surface area contributed by atoms with Crippen molar-refractivity contribution in [3.63, 3.8) is 0 Å². The number of methoxy groups -OCH3 is 1. The van der Waals surface area contributed by atoms with E-state index in [1.807, 2.05) is 0 Å². The number of carbonyl (C=O) groups excluding carboxylic acids is 2. The molecule has 182 valence electrons. The summed E-state index contributed by atoms with van der Waals surface area (Å²) in [5.41, 5.74) is -0.149. The minimum Gasteiger partial charge on any atom is -0.469 e. The molecule has 1 aromatic rings. The van der Waals surface area contributed by atoms with Crippen LogP contribution < -0.4 is 10.9 Å². The number of carbonyl (C=O) groups is 2. The Morgan fingerprint density at radius 3 is 1.88 bits per heavy atom. The van der Waals surface area contributed by atoms with E-state index in [0.29, 0.717) is 6.42 Å². The van der Waals surface area contributed by atoms with Gasteiger partial charge in [0, 0.05) is 12.5 Å². The molecule has 0 fully saturated rings. The zero-order valence-electron chi connectivity index (χ0n) is 20.2. The zero-order valence-corrected chi connectivity index (χ0v) is 20.2. The number of H-pyrrole nitrogens is 1. The molecule has 1 heterocycles. The van der Waals surface area contributed by atoms with Crippen LogP contribution in [-0.4, -0.2) is 29.0 Å². The van der Waals surface area contributed by atoms with Crippen LogP contribution in [0, 0.1) is 0 Å². The number of nitrogens with zero attached hydrogens (tertiary/aromatic N) is 1. The number of unbranched alkanes of at least 4 members (excludes halogenated alkanes) is 14. The molecule has 0 radical (unpaired) electrons. The average molecular weight is 450 g/mol. The highest BCUT2D eigenvalue weighted by atomic mass is 16.5. The smallest absolute Gasteiger partial charge is 0.311 e. The third-order valence-electron chi connectivity index (χ3n) is 5.61. The van der Waals surface area contributed by atoms with Gasteiger partial charge in [-0.2, -0.15) is 0 Å². The number of nitrogens with one attached hydrogen (secondary N) is 2. The average Bonchev–Trinajstić information content (AvgIpc) is 2.75. The molecule has 0 aliphatic heterocycles. The summed E-state index contributed by atoms with van der Waals surface area (Å²) in [6.07, 6.45) is 19.5. The Labute approximate surface area is 193 Å². The molecule has 0 aromatic carbocycles. The van der Waals surface area contributed by atoms with Crippen molar-refractivity contribution in [1.82, 2.24) is 9.97 Å². The Kier molecular flexibility index (Phi) is 16.0. The first kappa shape index (κ1) is 27.9. The van der Waals surface area contributed by atoms with E-state index in [2.05, 4.69) is 26.9 Å². The Hall–Kier alpha value is -2.18. The number of amides is 1. The highest BCUT2D eigenvalue weighted by Crippen LogP contribution is 2.14. The van der Waals surface area contributed by atoms with Crippen LogP contribution in [-0.2, 0) is 20.7 Å². The number of ether oxygens (including phenoxy) is 1. The highest BCUT2D eigenvalue weighted by Gasteiger charge is 2.09. The lowest BCUT2D eigenvalue weighted by atomic mass is 10.0. The number of aromatic amines is 1. The van der Waals surface area contributed by atoms with E-state index in [0.717, 1.165) is 19.3 Å². The van der Waals surface area contributed by atoms with Gasteiger partial charge in [-0.15, -0.1) is 0 Å². The predicted octanol–water partition coefficient (Wildman–Crippen LogP) is 5.69. The molecular weight excluding hydrogens is 406 g/mol. The first-order valence-electron chi connectivity index (χ1n) is 12.5. The van der Waals surface area contributed by atoms with Gasteiger partial charge >= 0.3 is 5.97 Å². The second-order valence-electron chi connectivity index (χ2n) is 8.59. The predicted molar refractivity (Wildman–Crippen MR) is 129 cm³/mol. The maximum atomic E-state index is 12.1. The van der Waals surface area contributed by atoms with Crippen molar-refractivity contribution in [1.29, 1.82) is 0 Å². The first-order chi connectivity index (χ1) is 15.5. The molecule has 1 aromatic heterocycles. The molecule has 32 heavy (non-hydrogen) atoms. The standard InChI is InChI=1S/C25H43N3O4/c1-3-4-5-6-7-8-9-10-11-12-13-14-15-16-17-18-22(29)27-25-26-21(19-23(30)28-25)20-24(31)32-2/h19H,3-18,20H2,1-2H3,(H2,26,27,28,29,30). The van der Waals surface area contributed by atoms with Gasteiger partial charge < -0.3 is 4.74 Å². The van der Waals surface area contributed by atoms with Gasteiger partial charge in [0.1, 0.15) is 0 Å². The fraction of sp³-hybridized carbons (Fsp3) is 0.760. The van der Waals surface area contributed by atoms with E-state index in [4.69, 9.17) is 0 Å². The van der Waals surface area contributed by atoms with Crippen LogP contribution in [0.4, 0.5) is 5.95 Å². The van der Waals surface area contributed by atoms with Gasteiger partial charge in [-0.25, -0.2) is 4.98 Å². The lowest BCUT2D eigenvalue weighted by molar-refractivity contribution is -0.139. The molecule has 0 spiro atoms. The number of hydrogen-bond acceptors (Lipinski definition) is 5. The van der Waals surface area contributed by atoms with E-state index in [9.17, 15) is 14.4 Å². The van der Waals surface area contributed by atoms with Crippen LogP contribution in [0.2, 0.25) is 0 Å². The minimum atomic E-state index is -0.488. The molecule has 2 N–H and O–H groups in total. The topological polar surface area (TPSA) is 101 Å². The summed E-state index contributed by atoms with van der Waals surface area (Å²) < 4.78 is 4.57. The largest absolute Gasteiger partial charge is 0.469 e. The molecule has 1 rings (SSSR count). The van der Waals surface area contributed by atoms with Gasteiger partial charge in [0.05, 0.1) is 19.2 Å². The maximum Gasteiger partial charge on any atom is 0.311 e. The minimum absolute atomic E-state index is 0.0716. The van der Waals surface area contributed by atoms with Crippen LogP contribution in [0.25, 0.3) is 0 Å². The van der Waals surface area contributed by atoms with Gasteiger partial charge in [0.15, 0.2) is 0 Å². The summed E-state index contributed by atoms with van der Waals surface area (Å²) in [6, 6.07) is 1.22. The number of rotatable bonds is 19. The van der Waals surface area contributed by atoms with E-state index in [-0.39, 0.29) is 24.0 Å². The van der Waals surface area contributed by atoms with E-state index < -0.39 is 11.5 Å². The third-order valence-corrected chi connectivity index (χ3v) is 5.61. The first-order valence-corrected chi connectivity index (χ1v) is 12.5. The summed E-state index contributed by atoms with van der Waals surface area (Å²) in [5, 5.41) is 2.61. The van der Waals surface area contributed by atoms with Gasteiger partial charge in [-0.1, -0.05) is 96.8 Å². The molecular formula is C25H43N3O4. The molecule has 0 bridgehead atoms. The zero-order chi connectivity index (χ0) is 23.4. The van der Waals surface area contributed by atoms with Crippen molar-refractivity contribution in [3.05, 3.63) is 22.1 Å². The molecule has 0 atom stereocenters. The Morgan fingerprint density at radius 2 is 1.38 bits per heavy atom. The summed E-state index contributed by atoms with van der Waals surface area (Å²) in [4.78, 5) is 41.7. The second-order valence-corrected chi connectivity index (χ2v) is 8.59. The molecule has 0 unspecified atom stereocenters. The Bertz CT molecular complexity index is 703. The molecule has 7 nitrogen and oxygen atoms in total. The Morgan fingerprint density at radius 1 is 0.875 bits per heavy atom. The molecule has 0 aliphatic carbocycles. The maximum absolute atomic E-state index is 12.1. The lowest BCUT2D eigenvalue weighted by Crippen LogP contribution is -2.20. The van der Waals surface area contributed by atoms with Crippen LogP contribution in [0.5, 0.6) is 0 Å². The highest BCUT2D eigenvalue weighted by molar-refractivity contribution is 5.88. The van der Waals surface area contributed by atoms with Crippen molar-refractivity contribution >= 4 is 17.8 Å². The molecule has 0 saturated carbocycles. The molecule has 7 heteroatoms. The van der Waals surface area contributed by atoms with E-state index in [1.165, 1.54) is 90.2 Å².